The highest BCUT2D eigenvalue weighted by Gasteiger charge is 2.11. The maximum atomic E-state index is 13.4. The Balaban J connectivity index is 2.11. The third-order valence-electron chi connectivity index (χ3n) is 2.57. The van der Waals surface area contributed by atoms with Gasteiger partial charge in [0.15, 0.2) is 0 Å². The predicted molar refractivity (Wildman–Crippen MR) is 72.8 cm³/mol. The first-order valence-corrected chi connectivity index (χ1v) is 6.44. The minimum atomic E-state index is -0.793. The number of carbonyl (C=O) groups excluding carboxylic acids is 1. The van der Waals surface area contributed by atoms with Gasteiger partial charge in [0, 0.05) is 10.5 Å². The molecule has 0 heterocycles. The van der Waals surface area contributed by atoms with Crippen molar-refractivity contribution in [2.45, 2.75) is 6.42 Å². The minimum Gasteiger partial charge on any atom is -0.325 e. The average molecular weight is 344 g/mol. The Morgan fingerprint density at radius 1 is 1.05 bits per heavy atom. The van der Waals surface area contributed by atoms with E-state index in [4.69, 9.17) is 0 Å². The summed E-state index contributed by atoms with van der Waals surface area (Å²) in [6, 6.07) is 6.81. The van der Waals surface area contributed by atoms with Gasteiger partial charge in [0.2, 0.25) is 5.91 Å². The number of benzene rings is 2. The van der Waals surface area contributed by atoms with Gasteiger partial charge in [0.05, 0.1) is 12.1 Å². The minimum absolute atomic E-state index is 0.0661. The molecule has 2 nitrogen and oxygen atoms in total. The Morgan fingerprint density at radius 3 is 2.40 bits per heavy atom. The SMILES string of the molecule is O=C(Cc1ccc(F)cc1F)Nc1cc(F)ccc1Br. The zero-order valence-corrected chi connectivity index (χ0v) is 11.7. The van der Waals surface area contributed by atoms with Gasteiger partial charge < -0.3 is 5.32 Å². The number of carbonyl (C=O) groups is 1. The molecule has 20 heavy (non-hydrogen) atoms. The van der Waals surface area contributed by atoms with E-state index in [0.29, 0.717) is 10.5 Å². The molecule has 0 aliphatic carbocycles. The number of halogens is 4. The molecule has 0 fully saturated rings. The van der Waals surface area contributed by atoms with Gasteiger partial charge in [0.25, 0.3) is 0 Å². The Hall–Kier alpha value is -1.82. The lowest BCUT2D eigenvalue weighted by Crippen LogP contribution is -2.15. The van der Waals surface area contributed by atoms with Crippen LogP contribution in [0.3, 0.4) is 0 Å². The van der Waals surface area contributed by atoms with E-state index in [9.17, 15) is 18.0 Å². The van der Waals surface area contributed by atoms with Crippen molar-refractivity contribution in [3.05, 3.63) is 63.9 Å². The topological polar surface area (TPSA) is 29.1 Å². The molecule has 0 atom stereocenters. The molecule has 0 bridgehead atoms. The van der Waals surface area contributed by atoms with E-state index in [1.165, 1.54) is 18.2 Å². The van der Waals surface area contributed by atoms with E-state index in [-0.39, 0.29) is 17.7 Å². The van der Waals surface area contributed by atoms with Crippen LogP contribution in [0.2, 0.25) is 0 Å². The second-order valence-corrected chi connectivity index (χ2v) is 4.94. The molecule has 0 aromatic heterocycles. The number of amides is 1. The van der Waals surface area contributed by atoms with Gasteiger partial charge in [-0.15, -0.1) is 0 Å². The van der Waals surface area contributed by atoms with E-state index in [0.717, 1.165) is 12.1 Å². The van der Waals surface area contributed by atoms with Crippen molar-refractivity contribution in [1.82, 2.24) is 0 Å². The van der Waals surface area contributed by atoms with Crippen molar-refractivity contribution >= 4 is 27.5 Å². The lowest BCUT2D eigenvalue weighted by molar-refractivity contribution is -0.115. The molecule has 0 saturated carbocycles. The van der Waals surface area contributed by atoms with Crippen molar-refractivity contribution in [2.75, 3.05) is 5.32 Å². The molecule has 104 valence electrons. The summed E-state index contributed by atoms with van der Waals surface area (Å²) in [5.74, 6) is -2.53. The fourth-order valence-corrected chi connectivity index (χ4v) is 1.97. The van der Waals surface area contributed by atoms with Crippen LogP contribution in [-0.2, 0) is 11.2 Å². The number of hydrogen-bond donors (Lipinski definition) is 1. The Morgan fingerprint density at radius 2 is 1.70 bits per heavy atom. The van der Waals surface area contributed by atoms with Crippen LogP contribution in [0.15, 0.2) is 40.9 Å². The summed E-state index contributed by atoms with van der Waals surface area (Å²) in [4.78, 5) is 11.8. The fraction of sp³-hybridized carbons (Fsp3) is 0.0714. The summed E-state index contributed by atoms with van der Waals surface area (Å²) in [6.45, 7) is 0. The van der Waals surface area contributed by atoms with Crippen LogP contribution in [-0.4, -0.2) is 5.91 Å². The highest BCUT2D eigenvalue weighted by Crippen LogP contribution is 2.23. The molecule has 0 aliphatic heterocycles. The molecule has 6 heteroatoms. The first-order chi connectivity index (χ1) is 9.45. The van der Waals surface area contributed by atoms with E-state index in [1.807, 2.05) is 0 Å². The quantitative estimate of drug-likeness (QED) is 0.894. The molecule has 2 aromatic carbocycles. The van der Waals surface area contributed by atoms with Gasteiger partial charge in [-0.2, -0.15) is 0 Å². The summed E-state index contributed by atoms with van der Waals surface area (Å²) >= 11 is 3.16. The Bertz CT molecular complexity index is 661. The lowest BCUT2D eigenvalue weighted by Gasteiger charge is -2.08. The highest BCUT2D eigenvalue weighted by atomic mass is 79.9. The Kier molecular flexibility index (Phi) is 4.44. The van der Waals surface area contributed by atoms with Crippen molar-refractivity contribution in [3.63, 3.8) is 0 Å². The number of hydrogen-bond acceptors (Lipinski definition) is 1. The molecule has 1 amide bonds. The van der Waals surface area contributed by atoms with E-state index in [2.05, 4.69) is 21.2 Å². The summed E-state index contributed by atoms with van der Waals surface area (Å²) in [5.41, 5.74) is 0.314. The second-order valence-electron chi connectivity index (χ2n) is 4.08. The average Bonchev–Trinajstić information content (AvgIpc) is 2.37. The van der Waals surface area contributed by atoms with Crippen LogP contribution in [0.1, 0.15) is 5.56 Å². The molecule has 1 N–H and O–H groups in total. The molecule has 0 radical (unpaired) electrons. The van der Waals surface area contributed by atoms with E-state index >= 15 is 0 Å². The lowest BCUT2D eigenvalue weighted by atomic mass is 10.1. The third kappa shape index (κ3) is 3.60. The second kappa shape index (κ2) is 6.09. The van der Waals surface area contributed by atoms with Crippen LogP contribution in [0.4, 0.5) is 18.9 Å². The zero-order valence-electron chi connectivity index (χ0n) is 10.1. The Labute approximate surface area is 121 Å². The number of anilines is 1. The van der Waals surface area contributed by atoms with Gasteiger partial charge >= 0.3 is 0 Å². The monoisotopic (exact) mass is 343 g/mol. The molecular weight excluding hydrogens is 335 g/mol. The maximum Gasteiger partial charge on any atom is 0.228 e. The fourth-order valence-electron chi connectivity index (χ4n) is 1.63. The smallest absolute Gasteiger partial charge is 0.228 e. The highest BCUT2D eigenvalue weighted by molar-refractivity contribution is 9.10. The molecule has 0 spiro atoms. The molecule has 2 aromatic rings. The third-order valence-corrected chi connectivity index (χ3v) is 3.26. The van der Waals surface area contributed by atoms with Crippen LogP contribution < -0.4 is 5.32 Å². The van der Waals surface area contributed by atoms with Crippen molar-refractivity contribution in [2.24, 2.45) is 0 Å². The molecular formula is C14H9BrF3NO. The summed E-state index contributed by atoms with van der Waals surface area (Å²) in [5, 5.41) is 2.46. The molecule has 0 aliphatic rings. The van der Waals surface area contributed by atoms with Crippen LogP contribution in [0, 0.1) is 17.5 Å². The largest absolute Gasteiger partial charge is 0.325 e. The summed E-state index contributed by atoms with van der Waals surface area (Å²) in [6.07, 6.45) is -0.269. The normalized spacial score (nSPS) is 10.4. The van der Waals surface area contributed by atoms with E-state index in [1.54, 1.807) is 0 Å². The zero-order chi connectivity index (χ0) is 14.7. The molecule has 0 unspecified atom stereocenters. The molecule has 0 saturated heterocycles. The van der Waals surface area contributed by atoms with Gasteiger partial charge in [-0.3, -0.25) is 4.79 Å². The summed E-state index contributed by atoms with van der Waals surface area (Å²) in [7, 11) is 0. The van der Waals surface area contributed by atoms with E-state index < -0.39 is 23.4 Å². The first kappa shape index (κ1) is 14.6. The van der Waals surface area contributed by atoms with Gasteiger partial charge in [-0.25, -0.2) is 13.2 Å². The van der Waals surface area contributed by atoms with Crippen LogP contribution in [0.25, 0.3) is 0 Å². The van der Waals surface area contributed by atoms with Crippen LogP contribution >= 0.6 is 15.9 Å². The van der Waals surface area contributed by atoms with Crippen molar-refractivity contribution < 1.29 is 18.0 Å². The van der Waals surface area contributed by atoms with Gasteiger partial charge in [0.1, 0.15) is 17.5 Å². The van der Waals surface area contributed by atoms with Crippen molar-refractivity contribution in [1.29, 1.82) is 0 Å². The maximum absolute atomic E-state index is 13.4. The van der Waals surface area contributed by atoms with Crippen molar-refractivity contribution in [3.8, 4) is 0 Å². The van der Waals surface area contributed by atoms with Gasteiger partial charge in [-0.05, 0) is 45.8 Å². The van der Waals surface area contributed by atoms with Crippen LogP contribution in [0.5, 0.6) is 0 Å². The number of nitrogens with one attached hydrogen (secondary N) is 1. The number of rotatable bonds is 3. The molecule has 2 rings (SSSR count). The standard InChI is InChI=1S/C14H9BrF3NO/c15-11-4-3-10(17)7-13(11)19-14(20)5-8-1-2-9(16)6-12(8)18/h1-4,6-7H,5H2,(H,19,20). The first-order valence-electron chi connectivity index (χ1n) is 5.64. The summed E-state index contributed by atoms with van der Waals surface area (Å²) < 4.78 is 39.7. The predicted octanol–water partition coefficient (Wildman–Crippen LogP) is 4.05. The van der Waals surface area contributed by atoms with Gasteiger partial charge in [-0.1, -0.05) is 6.07 Å².